The second-order valence-corrected chi connectivity index (χ2v) is 8.02. The van der Waals surface area contributed by atoms with E-state index < -0.39 is 9.84 Å². The van der Waals surface area contributed by atoms with Crippen LogP contribution < -0.4 is 5.32 Å². The molecule has 0 saturated heterocycles. The fourth-order valence-corrected chi connectivity index (χ4v) is 5.20. The summed E-state index contributed by atoms with van der Waals surface area (Å²) in [5, 5.41) is 3.46. The first-order valence-electron chi connectivity index (χ1n) is 7.27. The molecular formula is C15H22ClNO2S. The molecule has 0 aliphatic heterocycles. The summed E-state index contributed by atoms with van der Waals surface area (Å²) in [6.45, 7) is 3.07. The third kappa shape index (κ3) is 3.54. The number of hydrogen-bond donors (Lipinski definition) is 1. The maximum absolute atomic E-state index is 12.7. The molecule has 2 unspecified atom stereocenters. The molecule has 0 aromatic heterocycles. The van der Waals surface area contributed by atoms with Gasteiger partial charge >= 0.3 is 0 Å². The standard InChI is InChI=1S/C15H22ClNO2S/c1-2-10-17-12-6-5-7-13(11-12)20(18,19)15-9-4-3-8-14(15)16/h3-4,8-9,12-13,17H,2,5-7,10-11H2,1H3. The Hall–Kier alpha value is -0.580. The van der Waals surface area contributed by atoms with Gasteiger partial charge in [-0.2, -0.15) is 0 Å². The van der Waals surface area contributed by atoms with Crippen LogP contribution in [0.4, 0.5) is 0 Å². The molecule has 1 aromatic carbocycles. The summed E-state index contributed by atoms with van der Waals surface area (Å²) < 4.78 is 25.4. The van der Waals surface area contributed by atoms with Crippen LogP contribution in [0.15, 0.2) is 29.2 Å². The van der Waals surface area contributed by atoms with Crippen molar-refractivity contribution in [2.24, 2.45) is 0 Å². The third-order valence-electron chi connectivity index (χ3n) is 3.89. The molecule has 112 valence electrons. The molecule has 1 saturated carbocycles. The lowest BCUT2D eigenvalue weighted by atomic mass is 9.95. The third-order valence-corrected chi connectivity index (χ3v) is 6.61. The Bertz CT molecular complexity index is 545. The lowest BCUT2D eigenvalue weighted by Gasteiger charge is -2.29. The lowest BCUT2D eigenvalue weighted by molar-refractivity contribution is 0.372. The van der Waals surface area contributed by atoms with Crippen LogP contribution in [-0.2, 0) is 9.84 Å². The SMILES string of the molecule is CCCNC1CCCC(S(=O)(=O)c2ccccc2Cl)C1. The maximum Gasteiger partial charge on any atom is 0.182 e. The molecule has 1 aliphatic rings. The monoisotopic (exact) mass is 315 g/mol. The van der Waals surface area contributed by atoms with Crippen LogP contribution in [0.25, 0.3) is 0 Å². The van der Waals surface area contributed by atoms with Gasteiger partial charge < -0.3 is 5.32 Å². The van der Waals surface area contributed by atoms with Crippen LogP contribution in [-0.4, -0.2) is 26.3 Å². The topological polar surface area (TPSA) is 46.2 Å². The van der Waals surface area contributed by atoms with Crippen molar-refractivity contribution in [3.8, 4) is 0 Å². The molecule has 1 N–H and O–H groups in total. The quantitative estimate of drug-likeness (QED) is 0.905. The first-order chi connectivity index (χ1) is 9.55. The lowest BCUT2D eigenvalue weighted by Crippen LogP contribution is -2.39. The first-order valence-corrected chi connectivity index (χ1v) is 9.20. The van der Waals surface area contributed by atoms with Gasteiger partial charge in [-0.05, 0) is 44.4 Å². The second kappa shape index (κ2) is 6.92. The molecular weight excluding hydrogens is 294 g/mol. The van der Waals surface area contributed by atoms with Gasteiger partial charge in [-0.25, -0.2) is 8.42 Å². The van der Waals surface area contributed by atoms with Crippen LogP contribution in [0, 0.1) is 0 Å². The van der Waals surface area contributed by atoms with Crippen molar-refractivity contribution < 1.29 is 8.42 Å². The van der Waals surface area contributed by atoms with Crippen LogP contribution in [0.1, 0.15) is 39.0 Å². The van der Waals surface area contributed by atoms with Crippen LogP contribution >= 0.6 is 11.6 Å². The van der Waals surface area contributed by atoms with E-state index >= 15 is 0 Å². The fraction of sp³-hybridized carbons (Fsp3) is 0.600. The van der Waals surface area contributed by atoms with Crippen molar-refractivity contribution in [1.82, 2.24) is 5.32 Å². The zero-order valence-corrected chi connectivity index (χ0v) is 13.4. The van der Waals surface area contributed by atoms with Gasteiger partial charge in [0.1, 0.15) is 0 Å². The van der Waals surface area contributed by atoms with Crippen LogP contribution in [0.3, 0.4) is 0 Å². The van der Waals surface area contributed by atoms with Crippen LogP contribution in [0.5, 0.6) is 0 Å². The number of benzene rings is 1. The van der Waals surface area contributed by atoms with E-state index in [-0.39, 0.29) is 10.1 Å². The predicted molar refractivity (Wildman–Crippen MR) is 83.0 cm³/mol. The summed E-state index contributed by atoms with van der Waals surface area (Å²) in [6, 6.07) is 7.05. The van der Waals surface area contributed by atoms with Gasteiger partial charge in [-0.3, -0.25) is 0 Å². The Morgan fingerprint density at radius 2 is 2.05 bits per heavy atom. The maximum atomic E-state index is 12.7. The minimum absolute atomic E-state index is 0.280. The molecule has 1 aliphatic carbocycles. The van der Waals surface area contributed by atoms with E-state index in [2.05, 4.69) is 12.2 Å². The van der Waals surface area contributed by atoms with Crippen molar-refractivity contribution in [3.63, 3.8) is 0 Å². The molecule has 2 atom stereocenters. The first kappa shape index (κ1) is 15.8. The number of hydrogen-bond acceptors (Lipinski definition) is 3. The Balaban J connectivity index is 2.15. The number of halogens is 1. The molecule has 0 bridgehead atoms. The molecule has 1 aromatic rings. The van der Waals surface area contributed by atoms with E-state index in [1.54, 1.807) is 24.3 Å². The normalized spacial score (nSPS) is 23.7. The molecule has 0 spiro atoms. The van der Waals surface area contributed by atoms with E-state index in [4.69, 9.17) is 11.6 Å². The van der Waals surface area contributed by atoms with Crippen LogP contribution in [0.2, 0.25) is 5.02 Å². The van der Waals surface area contributed by atoms with Gasteiger partial charge in [-0.15, -0.1) is 0 Å². The summed E-state index contributed by atoms with van der Waals surface area (Å²) in [4.78, 5) is 0.280. The highest BCUT2D eigenvalue weighted by atomic mass is 35.5. The van der Waals surface area contributed by atoms with Gasteiger partial charge in [0.2, 0.25) is 0 Å². The van der Waals surface area contributed by atoms with Gasteiger partial charge in [0, 0.05) is 6.04 Å². The summed E-state index contributed by atoms with van der Waals surface area (Å²) in [6.07, 6.45) is 4.51. The van der Waals surface area contributed by atoms with Gasteiger partial charge in [0.15, 0.2) is 9.84 Å². The molecule has 0 amide bonds. The summed E-state index contributed by atoms with van der Waals surface area (Å²) in [5.41, 5.74) is 0. The minimum atomic E-state index is -3.32. The summed E-state index contributed by atoms with van der Waals surface area (Å²) in [5.74, 6) is 0. The van der Waals surface area contributed by atoms with Crippen molar-refractivity contribution in [2.75, 3.05) is 6.54 Å². The highest BCUT2D eigenvalue weighted by Crippen LogP contribution is 2.32. The average Bonchev–Trinajstić information content (AvgIpc) is 2.45. The van der Waals surface area contributed by atoms with E-state index in [1.807, 2.05) is 0 Å². The number of nitrogens with one attached hydrogen (secondary N) is 1. The number of rotatable bonds is 5. The molecule has 20 heavy (non-hydrogen) atoms. The Labute approximate surface area is 126 Å². The molecule has 0 radical (unpaired) electrons. The van der Waals surface area contributed by atoms with Gasteiger partial charge in [-0.1, -0.05) is 37.1 Å². The summed E-state index contributed by atoms with van der Waals surface area (Å²) in [7, 11) is -3.32. The average molecular weight is 316 g/mol. The number of sulfone groups is 1. The van der Waals surface area contributed by atoms with E-state index in [0.29, 0.717) is 17.5 Å². The molecule has 3 nitrogen and oxygen atoms in total. The Morgan fingerprint density at radius 3 is 2.75 bits per heavy atom. The minimum Gasteiger partial charge on any atom is -0.314 e. The molecule has 1 fully saturated rings. The second-order valence-electron chi connectivity index (χ2n) is 5.42. The molecule has 5 heteroatoms. The van der Waals surface area contributed by atoms with E-state index in [0.717, 1.165) is 32.2 Å². The van der Waals surface area contributed by atoms with E-state index in [1.165, 1.54) is 0 Å². The smallest absolute Gasteiger partial charge is 0.182 e. The molecule has 2 rings (SSSR count). The molecule has 0 heterocycles. The van der Waals surface area contributed by atoms with Crippen molar-refractivity contribution >= 4 is 21.4 Å². The van der Waals surface area contributed by atoms with Crippen molar-refractivity contribution in [3.05, 3.63) is 29.3 Å². The van der Waals surface area contributed by atoms with Crippen molar-refractivity contribution in [1.29, 1.82) is 0 Å². The Morgan fingerprint density at radius 1 is 1.30 bits per heavy atom. The zero-order chi connectivity index (χ0) is 14.6. The Kier molecular flexibility index (Phi) is 5.47. The highest BCUT2D eigenvalue weighted by molar-refractivity contribution is 7.92. The van der Waals surface area contributed by atoms with E-state index in [9.17, 15) is 8.42 Å². The fourth-order valence-electron chi connectivity index (χ4n) is 2.82. The predicted octanol–water partition coefficient (Wildman–Crippen LogP) is 3.42. The summed E-state index contributed by atoms with van der Waals surface area (Å²) >= 11 is 6.05. The highest BCUT2D eigenvalue weighted by Gasteiger charge is 2.33. The largest absolute Gasteiger partial charge is 0.314 e. The van der Waals surface area contributed by atoms with Crippen molar-refractivity contribution in [2.45, 2.75) is 55.2 Å². The zero-order valence-electron chi connectivity index (χ0n) is 11.8. The van der Waals surface area contributed by atoms with Gasteiger partial charge in [0.05, 0.1) is 15.2 Å². The van der Waals surface area contributed by atoms with Gasteiger partial charge in [0.25, 0.3) is 0 Å².